The van der Waals surface area contributed by atoms with Crippen molar-refractivity contribution >= 4 is 5.97 Å². The normalized spacial score (nSPS) is 34.0. The molecular formula is C9H16O7. The van der Waals surface area contributed by atoms with Crippen LogP contribution in [-0.2, 0) is 23.7 Å². The molecule has 0 aliphatic carbocycles. The molecule has 0 saturated carbocycles. The van der Waals surface area contributed by atoms with Crippen molar-refractivity contribution in [1.29, 1.82) is 0 Å². The molecule has 2 N–H and O–H groups in total. The SMILES string of the molecule is COC(=O)CO[C@H]1C(OC)O[C@H](CO)[C@H]1O. The van der Waals surface area contributed by atoms with Crippen molar-refractivity contribution in [3.8, 4) is 0 Å². The highest BCUT2D eigenvalue weighted by molar-refractivity contribution is 5.70. The van der Waals surface area contributed by atoms with Gasteiger partial charge in [0.25, 0.3) is 0 Å². The minimum absolute atomic E-state index is 0.306. The first-order chi connectivity index (χ1) is 7.63. The van der Waals surface area contributed by atoms with Crippen LogP contribution in [0, 0.1) is 0 Å². The number of aliphatic hydroxyl groups excluding tert-OH is 2. The highest BCUT2D eigenvalue weighted by Gasteiger charge is 2.44. The summed E-state index contributed by atoms with van der Waals surface area (Å²) in [5.41, 5.74) is 0. The summed E-state index contributed by atoms with van der Waals surface area (Å²) < 4.78 is 19.6. The van der Waals surface area contributed by atoms with Crippen molar-refractivity contribution in [3.05, 3.63) is 0 Å². The minimum atomic E-state index is -1.04. The van der Waals surface area contributed by atoms with Gasteiger partial charge in [-0.2, -0.15) is 0 Å². The summed E-state index contributed by atoms with van der Waals surface area (Å²) in [5, 5.41) is 18.6. The highest BCUT2D eigenvalue weighted by atomic mass is 16.7. The number of esters is 1. The van der Waals surface area contributed by atoms with E-state index in [-0.39, 0.29) is 13.2 Å². The number of aliphatic hydroxyl groups is 2. The Kier molecular flexibility index (Phi) is 5.10. The van der Waals surface area contributed by atoms with Crippen LogP contribution in [0.5, 0.6) is 0 Å². The van der Waals surface area contributed by atoms with Gasteiger partial charge >= 0.3 is 5.97 Å². The van der Waals surface area contributed by atoms with Crippen LogP contribution in [0.1, 0.15) is 0 Å². The Balaban J connectivity index is 2.51. The summed E-state index contributed by atoms with van der Waals surface area (Å²) in [6.45, 7) is -0.654. The maximum absolute atomic E-state index is 10.9. The molecule has 1 heterocycles. The molecule has 0 amide bonds. The van der Waals surface area contributed by atoms with Crippen molar-refractivity contribution in [2.24, 2.45) is 0 Å². The van der Waals surface area contributed by atoms with Gasteiger partial charge in [0.2, 0.25) is 0 Å². The maximum atomic E-state index is 10.9. The summed E-state index contributed by atoms with van der Waals surface area (Å²) >= 11 is 0. The highest BCUT2D eigenvalue weighted by Crippen LogP contribution is 2.24. The fourth-order valence-corrected chi connectivity index (χ4v) is 1.44. The quantitative estimate of drug-likeness (QED) is 0.548. The van der Waals surface area contributed by atoms with E-state index >= 15 is 0 Å². The molecule has 7 heteroatoms. The van der Waals surface area contributed by atoms with Crippen LogP contribution in [0.15, 0.2) is 0 Å². The van der Waals surface area contributed by atoms with Crippen LogP contribution in [0.3, 0.4) is 0 Å². The second-order valence-electron chi connectivity index (χ2n) is 3.30. The van der Waals surface area contributed by atoms with E-state index in [2.05, 4.69) is 4.74 Å². The molecular weight excluding hydrogens is 220 g/mol. The molecule has 1 saturated heterocycles. The first kappa shape index (κ1) is 13.3. The molecule has 1 aliphatic rings. The maximum Gasteiger partial charge on any atom is 0.331 e. The van der Waals surface area contributed by atoms with Gasteiger partial charge < -0.3 is 29.2 Å². The molecule has 1 rings (SSSR count). The topological polar surface area (TPSA) is 94.5 Å². The Morgan fingerprint density at radius 2 is 2.12 bits per heavy atom. The lowest BCUT2D eigenvalue weighted by Gasteiger charge is -2.18. The monoisotopic (exact) mass is 236 g/mol. The third-order valence-corrected chi connectivity index (χ3v) is 2.33. The number of hydrogen-bond donors (Lipinski definition) is 2. The van der Waals surface area contributed by atoms with Gasteiger partial charge in [0.1, 0.15) is 24.9 Å². The van der Waals surface area contributed by atoms with Crippen molar-refractivity contribution in [2.75, 3.05) is 27.4 Å². The summed E-state index contributed by atoms with van der Waals surface area (Å²) in [6, 6.07) is 0. The van der Waals surface area contributed by atoms with Gasteiger partial charge in [0.05, 0.1) is 13.7 Å². The lowest BCUT2D eigenvalue weighted by Crippen LogP contribution is -2.38. The zero-order chi connectivity index (χ0) is 12.1. The molecule has 0 radical (unpaired) electrons. The van der Waals surface area contributed by atoms with E-state index in [0.717, 1.165) is 0 Å². The molecule has 0 spiro atoms. The van der Waals surface area contributed by atoms with Gasteiger partial charge in [-0.15, -0.1) is 0 Å². The zero-order valence-corrected chi connectivity index (χ0v) is 9.16. The van der Waals surface area contributed by atoms with Crippen LogP contribution in [0.2, 0.25) is 0 Å². The summed E-state index contributed by atoms with van der Waals surface area (Å²) in [4.78, 5) is 10.9. The van der Waals surface area contributed by atoms with Crippen molar-refractivity contribution in [1.82, 2.24) is 0 Å². The largest absolute Gasteiger partial charge is 0.467 e. The van der Waals surface area contributed by atoms with E-state index in [1.165, 1.54) is 14.2 Å². The Bertz CT molecular complexity index is 230. The fourth-order valence-electron chi connectivity index (χ4n) is 1.44. The lowest BCUT2D eigenvalue weighted by molar-refractivity contribution is -0.174. The van der Waals surface area contributed by atoms with Crippen LogP contribution in [0.25, 0.3) is 0 Å². The van der Waals surface area contributed by atoms with Gasteiger partial charge in [-0.1, -0.05) is 0 Å². The van der Waals surface area contributed by atoms with Gasteiger partial charge in [0.15, 0.2) is 6.29 Å². The average Bonchev–Trinajstić information content (AvgIpc) is 2.62. The molecule has 0 aromatic rings. The average molecular weight is 236 g/mol. The summed E-state index contributed by atoms with van der Waals surface area (Å²) in [6.07, 6.45) is -3.44. The molecule has 1 aliphatic heterocycles. The van der Waals surface area contributed by atoms with E-state index in [1.807, 2.05) is 0 Å². The number of methoxy groups -OCH3 is 2. The Labute approximate surface area is 92.9 Å². The molecule has 1 fully saturated rings. The number of carbonyl (C=O) groups excluding carboxylic acids is 1. The molecule has 0 bridgehead atoms. The van der Waals surface area contributed by atoms with Crippen molar-refractivity contribution < 1.29 is 34.0 Å². The van der Waals surface area contributed by atoms with Gasteiger partial charge in [-0.25, -0.2) is 4.79 Å². The number of rotatable bonds is 5. The Morgan fingerprint density at radius 1 is 1.44 bits per heavy atom. The van der Waals surface area contributed by atoms with E-state index in [4.69, 9.17) is 19.3 Å². The van der Waals surface area contributed by atoms with Crippen molar-refractivity contribution in [3.63, 3.8) is 0 Å². The van der Waals surface area contributed by atoms with Crippen LogP contribution < -0.4 is 0 Å². The summed E-state index contributed by atoms with van der Waals surface area (Å²) in [5.74, 6) is -0.561. The number of carbonyl (C=O) groups is 1. The van der Waals surface area contributed by atoms with E-state index in [9.17, 15) is 9.90 Å². The van der Waals surface area contributed by atoms with Gasteiger partial charge in [0, 0.05) is 7.11 Å². The Morgan fingerprint density at radius 3 is 2.62 bits per heavy atom. The second kappa shape index (κ2) is 6.12. The minimum Gasteiger partial charge on any atom is -0.467 e. The molecule has 0 aromatic carbocycles. The molecule has 16 heavy (non-hydrogen) atoms. The van der Waals surface area contributed by atoms with E-state index < -0.39 is 30.6 Å². The van der Waals surface area contributed by atoms with E-state index in [0.29, 0.717) is 0 Å². The van der Waals surface area contributed by atoms with Crippen LogP contribution >= 0.6 is 0 Å². The number of ether oxygens (including phenoxy) is 4. The van der Waals surface area contributed by atoms with E-state index in [1.54, 1.807) is 0 Å². The standard InChI is InChI=1S/C9H16O7/c1-13-6(11)4-15-8-7(12)5(3-10)16-9(8)14-2/h5,7-10,12H,3-4H2,1-2H3/t5-,7-,8-,9?/m1/s1. The second-order valence-corrected chi connectivity index (χ2v) is 3.30. The van der Waals surface area contributed by atoms with Gasteiger partial charge in [-0.05, 0) is 0 Å². The van der Waals surface area contributed by atoms with Crippen LogP contribution in [0.4, 0.5) is 0 Å². The predicted octanol–water partition coefficient (Wildman–Crippen LogP) is -1.73. The predicted molar refractivity (Wildman–Crippen MR) is 50.5 cm³/mol. The van der Waals surface area contributed by atoms with Crippen LogP contribution in [-0.4, -0.2) is 68.2 Å². The third kappa shape index (κ3) is 2.89. The Hall–Kier alpha value is -0.730. The molecule has 94 valence electrons. The first-order valence-corrected chi connectivity index (χ1v) is 4.79. The van der Waals surface area contributed by atoms with Gasteiger partial charge in [-0.3, -0.25) is 0 Å². The number of hydrogen-bond acceptors (Lipinski definition) is 7. The van der Waals surface area contributed by atoms with Crippen molar-refractivity contribution in [2.45, 2.75) is 24.6 Å². The zero-order valence-electron chi connectivity index (χ0n) is 9.16. The molecule has 4 atom stereocenters. The lowest BCUT2D eigenvalue weighted by atomic mass is 10.1. The third-order valence-electron chi connectivity index (χ3n) is 2.33. The fraction of sp³-hybridized carbons (Fsp3) is 0.889. The summed E-state index contributed by atoms with van der Waals surface area (Å²) in [7, 11) is 2.61. The first-order valence-electron chi connectivity index (χ1n) is 4.79. The smallest absolute Gasteiger partial charge is 0.331 e. The molecule has 1 unspecified atom stereocenters. The molecule has 0 aromatic heterocycles. The molecule has 7 nitrogen and oxygen atoms in total.